The van der Waals surface area contributed by atoms with Gasteiger partial charge in [-0.2, -0.15) is 0 Å². The van der Waals surface area contributed by atoms with Crippen LogP contribution in [-0.4, -0.2) is 46.9 Å². The lowest BCUT2D eigenvalue weighted by Gasteiger charge is -2.35. The molecule has 0 aliphatic carbocycles. The Balaban J connectivity index is 1.40. The zero-order valence-electron chi connectivity index (χ0n) is 19.0. The minimum Gasteiger partial charge on any atom is -0.336 e. The van der Waals surface area contributed by atoms with Gasteiger partial charge in [0.1, 0.15) is 0 Å². The fourth-order valence-electron chi connectivity index (χ4n) is 4.42. The van der Waals surface area contributed by atoms with E-state index in [0.29, 0.717) is 18.7 Å². The first kappa shape index (κ1) is 23.2. The highest BCUT2D eigenvalue weighted by atomic mass is 79.9. The number of fused-ring (bicyclic) bond motifs is 1. The molecule has 0 N–H and O–H groups in total. The summed E-state index contributed by atoms with van der Waals surface area (Å²) >= 11 is 7.12. The molecule has 1 aliphatic rings. The zero-order chi connectivity index (χ0) is 23.7. The van der Waals surface area contributed by atoms with Crippen LogP contribution in [0.15, 0.2) is 81.7 Å². The molecule has 1 aromatic heterocycles. The number of amides is 1. The highest BCUT2D eigenvalue weighted by molar-refractivity contribution is 9.10. The van der Waals surface area contributed by atoms with Crippen molar-refractivity contribution in [1.82, 2.24) is 14.8 Å². The van der Waals surface area contributed by atoms with E-state index >= 15 is 0 Å². The number of halogens is 2. The minimum atomic E-state index is 0.0703. The van der Waals surface area contributed by atoms with Gasteiger partial charge >= 0.3 is 0 Å². The lowest BCUT2D eigenvalue weighted by molar-refractivity contribution is 0.0630. The van der Waals surface area contributed by atoms with Crippen LogP contribution in [0, 0.1) is 6.92 Å². The Hall–Kier alpha value is -2.54. The van der Waals surface area contributed by atoms with E-state index in [9.17, 15) is 4.79 Å². The number of pyridine rings is 1. The van der Waals surface area contributed by atoms with Gasteiger partial charge in [0, 0.05) is 52.6 Å². The lowest BCUT2D eigenvalue weighted by atomic mass is 10.0. The first-order valence-corrected chi connectivity index (χ1v) is 13.0. The van der Waals surface area contributed by atoms with Crippen molar-refractivity contribution in [3.63, 3.8) is 0 Å². The predicted molar refractivity (Wildman–Crippen MR) is 145 cm³/mol. The van der Waals surface area contributed by atoms with Crippen LogP contribution in [0.5, 0.6) is 0 Å². The van der Waals surface area contributed by atoms with Crippen molar-refractivity contribution in [2.45, 2.75) is 13.5 Å². The van der Waals surface area contributed by atoms with Crippen molar-refractivity contribution in [2.24, 2.45) is 0 Å². The SMILES string of the molecule is Cc1ccc(-c2cc(C(=O)N3CCN(Cc4cccc(Br)c4)CC3)c3cc(Br)ccc3n2)cc1. The summed E-state index contributed by atoms with van der Waals surface area (Å²) in [4.78, 5) is 23.0. The zero-order valence-corrected chi connectivity index (χ0v) is 22.1. The van der Waals surface area contributed by atoms with Crippen molar-refractivity contribution >= 4 is 48.7 Å². The van der Waals surface area contributed by atoms with Crippen LogP contribution < -0.4 is 0 Å². The summed E-state index contributed by atoms with van der Waals surface area (Å²) in [5.74, 6) is 0.0703. The maximum absolute atomic E-state index is 13.7. The van der Waals surface area contributed by atoms with E-state index in [1.165, 1.54) is 11.1 Å². The number of benzene rings is 3. The normalized spacial score (nSPS) is 14.5. The van der Waals surface area contributed by atoms with Crippen molar-refractivity contribution in [1.29, 1.82) is 0 Å². The number of carbonyl (C=O) groups is 1. The Labute approximate surface area is 216 Å². The Morgan fingerprint density at radius 2 is 1.62 bits per heavy atom. The van der Waals surface area contributed by atoms with Crippen LogP contribution in [0.4, 0.5) is 0 Å². The predicted octanol–water partition coefficient (Wildman–Crippen LogP) is 6.69. The summed E-state index contributed by atoms with van der Waals surface area (Å²) in [5, 5.41) is 0.881. The second-order valence-electron chi connectivity index (χ2n) is 8.78. The molecule has 5 rings (SSSR count). The third kappa shape index (κ3) is 5.09. The van der Waals surface area contributed by atoms with Gasteiger partial charge in [-0.25, -0.2) is 4.98 Å². The summed E-state index contributed by atoms with van der Waals surface area (Å²) in [6.45, 7) is 6.10. The van der Waals surface area contributed by atoms with Gasteiger partial charge in [-0.05, 0) is 48.9 Å². The van der Waals surface area contributed by atoms with Crippen molar-refractivity contribution < 1.29 is 4.79 Å². The summed E-state index contributed by atoms with van der Waals surface area (Å²) in [6.07, 6.45) is 0. The number of hydrogen-bond donors (Lipinski definition) is 0. The Morgan fingerprint density at radius 1 is 0.882 bits per heavy atom. The molecular formula is C28H25Br2N3O. The largest absolute Gasteiger partial charge is 0.336 e. The number of rotatable bonds is 4. The van der Waals surface area contributed by atoms with Crippen LogP contribution in [0.25, 0.3) is 22.2 Å². The molecule has 1 fully saturated rings. The molecule has 4 nitrogen and oxygen atoms in total. The molecule has 0 unspecified atom stereocenters. The van der Waals surface area contributed by atoms with E-state index in [0.717, 1.165) is 50.7 Å². The van der Waals surface area contributed by atoms with Crippen LogP contribution in [0.3, 0.4) is 0 Å². The third-order valence-electron chi connectivity index (χ3n) is 6.30. The van der Waals surface area contributed by atoms with Gasteiger partial charge in [-0.3, -0.25) is 9.69 Å². The molecule has 34 heavy (non-hydrogen) atoms. The number of aromatic nitrogens is 1. The summed E-state index contributed by atoms with van der Waals surface area (Å²) < 4.78 is 2.04. The number of nitrogens with zero attached hydrogens (tertiary/aromatic N) is 3. The van der Waals surface area contributed by atoms with Crippen LogP contribution in [-0.2, 0) is 6.54 Å². The molecule has 6 heteroatoms. The Bertz CT molecular complexity index is 1350. The van der Waals surface area contributed by atoms with E-state index in [-0.39, 0.29) is 5.91 Å². The van der Waals surface area contributed by atoms with Crippen molar-refractivity contribution in [2.75, 3.05) is 26.2 Å². The molecule has 0 bridgehead atoms. The summed E-state index contributed by atoms with van der Waals surface area (Å²) in [5.41, 5.74) is 5.86. The van der Waals surface area contributed by atoms with Gasteiger partial charge in [0.2, 0.25) is 0 Å². The van der Waals surface area contributed by atoms with E-state index in [2.05, 4.69) is 86.1 Å². The molecule has 1 amide bonds. The average molecular weight is 579 g/mol. The first-order chi connectivity index (χ1) is 16.5. The fourth-order valence-corrected chi connectivity index (χ4v) is 5.23. The van der Waals surface area contributed by atoms with Gasteiger partial charge in [0.05, 0.1) is 16.8 Å². The molecule has 172 valence electrons. The second-order valence-corrected chi connectivity index (χ2v) is 10.6. The molecule has 0 radical (unpaired) electrons. The standard InChI is InChI=1S/C28H25Br2N3O/c1-19-5-7-21(8-6-19)27-17-25(24-16-23(30)9-10-26(24)31-27)28(34)33-13-11-32(12-14-33)18-20-3-2-4-22(29)15-20/h2-10,15-17H,11-14,18H2,1H3. The topological polar surface area (TPSA) is 36.4 Å². The molecule has 0 atom stereocenters. The van der Waals surface area contributed by atoms with Crippen molar-refractivity contribution in [3.8, 4) is 11.3 Å². The Kier molecular flexibility index (Phi) is 6.82. The fraction of sp³-hybridized carbons (Fsp3) is 0.214. The third-order valence-corrected chi connectivity index (χ3v) is 7.29. The molecule has 1 aliphatic heterocycles. The van der Waals surface area contributed by atoms with Gasteiger partial charge < -0.3 is 4.90 Å². The Morgan fingerprint density at radius 3 is 2.35 bits per heavy atom. The maximum Gasteiger partial charge on any atom is 0.254 e. The first-order valence-electron chi connectivity index (χ1n) is 11.4. The van der Waals surface area contributed by atoms with Crippen LogP contribution >= 0.6 is 31.9 Å². The highest BCUT2D eigenvalue weighted by Gasteiger charge is 2.24. The van der Waals surface area contributed by atoms with E-state index in [4.69, 9.17) is 4.98 Å². The molecular weight excluding hydrogens is 554 g/mol. The highest BCUT2D eigenvalue weighted by Crippen LogP contribution is 2.29. The van der Waals surface area contributed by atoms with E-state index < -0.39 is 0 Å². The molecule has 1 saturated heterocycles. The smallest absolute Gasteiger partial charge is 0.254 e. The van der Waals surface area contributed by atoms with E-state index in [1.54, 1.807) is 0 Å². The van der Waals surface area contributed by atoms with Gasteiger partial charge in [-0.15, -0.1) is 0 Å². The lowest BCUT2D eigenvalue weighted by Crippen LogP contribution is -2.48. The van der Waals surface area contributed by atoms with Gasteiger partial charge in [-0.1, -0.05) is 73.8 Å². The molecule has 4 aromatic rings. The van der Waals surface area contributed by atoms with Crippen LogP contribution in [0.2, 0.25) is 0 Å². The van der Waals surface area contributed by atoms with Gasteiger partial charge in [0.25, 0.3) is 5.91 Å². The quantitative estimate of drug-likeness (QED) is 0.270. The van der Waals surface area contributed by atoms with Gasteiger partial charge in [0.15, 0.2) is 0 Å². The van der Waals surface area contributed by atoms with E-state index in [1.807, 2.05) is 35.2 Å². The average Bonchev–Trinajstić information content (AvgIpc) is 2.84. The molecule has 0 saturated carbocycles. The minimum absolute atomic E-state index is 0.0703. The summed E-state index contributed by atoms with van der Waals surface area (Å²) in [7, 11) is 0. The number of piperazine rings is 1. The molecule has 0 spiro atoms. The molecule has 2 heterocycles. The maximum atomic E-state index is 13.7. The van der Waals surface area contributed by atoms with Crippen LogP contribution in [0.1, 0.15) is 21.5 Å². The monoisotopic (exact) mass is 577 g/mol. The summed E-state index contributed by atoms with van der Waals surface area (Å²) in [6, 6.07) is 24.6. The number of hydrogen-bond acceptors (Lipinski definition) is 3. The molecule has 3 aromatic carbocycles. The van der Waals surface area contributed by atoms with Crippen molar-refractivity contribution in [3.05, 3.63) is 98.4 Å². The second kappa shape index (κ2) is 9.98. The number of aryl methyl sites for hydroxylation is 1. The number of carbonyl (C=O) groups excluding carboxylic acids is 1.